The average molecular weight is 444 g/mol. The Labute approximate surface area is 189 Å². The summed E-state index contributed by atoms with van der Waals surface area (Å²) >= 11 is 6.07. The van der Waals surface area contributed by atoms with Gasteiger partial charge in [0.15, 0.2) is 0 Å². The van der Waals surface area contributed by atoms with Gasteiger partial charge in [0, 0.05) is 10.7 Å². The maximum absolute atomic E-state index is 13.5. The molecule has 1 aliphatic rings. The number of benzene rings is 2. The number of halogens is 1. The van der Waals surface area contributed by atoms with Gasteiger partial charge >= 0.3 is 5.97 Å². The van der Waals surface area contributed by atoms with Gasteiger partial charge in [-0.25, -0.2) is 4.79 Å². The lowest BCUT2D eigenvalue weighted by Gasteiger charge is -2.36. The molecule has 1 aliphatic carbocycles. The molecule has 166 valence electrons. The summed E-state index contributed by atoms with van der Waals surface area (Å²) in [4.78, 5) is 25.9. The monoisotopic (exact) mass is 443 g/mol. The summed E-state index contributed by atoms with van der Waals surface area (Å²) in [6, 6.07) is 12.6. The van der Waals surface area contributed by atoms with Crippen LogP contribution in [0.2, 0.25) is 5.02 Å². The van der Waals surface area contributed by atoms with Crippen LogP contribution in [0.5, 0.6) is 5.75 Å². The molecular weight excluding hydrogens is 414 g/mol. The Bertz CT molecular complexity index is 920. The Morgan fingerprint density at radius 1 is 1.10 bits per heavy atom. The molecule has 0 heterocycles. The number of rotatable bonds is 7. The van der Waals surface area contributed by atoms with Crippen LogP contribution in [-0.4, -0.2) is 25.1 Å². The van der Waals surface area contributed by atoms with E-state index in [1.54, 1.807) is 18.2 Å². The van der Waals surface area contributed by atoms with Crippen LogP contribution in [0.15, 0.2) is 42.5 Å². The first-order valence-electron chi connectivity index (χ1n) is 10.9. The molecule has 1 fully saturated rings. The van der Waals surface area contributed by atoms with Gasteiger partial charge in [-0.15, -0.1) is 0 Å². The van der Waals surface area contributed by atoms with Crippen LogP contribution in [0.1, 0.15) is 68.3 Å². The Morgan fingerprint density at radius 2 is 1.77 bits per heavy atom. The van der Waals surface area contributed by atoms with Crippen molar-refractivity contribution in [2.24, 2.45) is 0 Å². The summed E-state index contributed by atoms with van der Waals surface area (Å²) in [5.41, 5.74) is 1.20. The highest BCUT2D eigenvalue weighted by Crippen LogP contribution is 2.41. The molecule has 0 aliphatic heterocycles. The summed E-state index contributed by atoms with van der Waals surface area (Å²) in [5.74, 6) is -0.121. The Balaban J connectivity index is 1.91. The van der Waals surface area contributed by atoms with Gasteiger partial charge in [-0.2, -0.15) is 0 Å². The number of ether oxygens (including phenoxy) is 2. The van der Waals surface area contributed by atoms with E-state index in [4.69, 9.17) is 21.1 Å². The first kappa shape index (κ1) is 23.1. The zero-order chi connectivity index (χ0) is 22.4. The van der Waals surface area contributed by atoms with E-state index in [2.05, 4.69) is 5.32 Å². The zero-order valence-corrected chi connectivity index (χ0v) is 19.1. The number of hydrogen-bond acceptors (Lipinski definition) is 4. The van der Waals surface area contributed by atoms with Gasteiger partial charge in [0.25, 0.3) is 0 Å². The maximum atomic E-state index is 13.5. The summed E-state index contributed by atoms with van der Waals surface area (Å²) in [5, 5.41) is 3.69. The lowest BCUT2D eigenvalue weighted by molar-refractivity contribution is -0.122. The van der Waals surface area contributed by atoms with E-state index in [0.29, 0.717) is 22.0 Å². The number of anilines is 1. The fourth-order valence-corrected chi connectivity index (χ4v) is 4.23. The number of nitrogens with one attached hydrogen (secondary N) is 1. The topological polar surface area (TPSA) is 64.6 Å². The van der Waals surface area contributed by atoms with E-state index in [1.807, 2.05) is 38.1 Å². The standard InChI is InChI=1S/C25H30ClNO4/c1-4-17(2)31-22-13-12-20(16-21(22)23(28)30-3)27-24(29)25(14-6-5-7-15-25)18-8-10-19(26)11-9-18/h8-13,16-17H,4-7,14-15H2,1-3H3,(H,27,29). The van der Waals surface area contributed by atoms with Gasteiger partial charge in [0.1, 0.15) is 11.3 Å². The summed E-state index contributed by atoms with van der Waals surface area (Å²) in [6.45, 7) is 3.95. The molecule has 0 bridgehead atoms. The second-order valence-electron chi connectivity index (χ2n) is 8.14. The van der Waals surface area contributed by atoms with Crippen molar-refractivity contribution in [1.29, 1.82) is 0 Å². The number of methoxy groups -OCH3 is 1. The highest BCUT2D eigenvalue weighted by molar-refractivity contribution is 6.30. The summed E-state index contributed by atoms with van der Waals surface area (Å²) in [7, 11) is 1.33. The maximum Gasteiger partial charge on any atom is 0.341 e. The van der Waals surface area contributed by atoms with Crippen LogP contribution in [0.25, 0.3) is 0 Å². The SMILES string of the molecule is CCC(C)Oc1ccc(NC(=O)C2(c3ccc(Cl)cc3)CCCCC2)cc1C(=O)OC. The Morgan fingerprint density at radius 3 is 2.39 bits per heavy atom. The van der Waals surface area contributed by atoms with Crippen LogP contribution in [-0.2, 0) is 14.9 Å². The number of esters is 1. The molecule has 1 N–H and O–H groups in total. The predicted octanol–water partition coefficient (Wildman–Crippen LogP) is 6.14. The molecule has 0 radical (unpaired) electrons. The van der Waals surface area contributed by atoms with Gasteiger partial charge < -0.3 is 14.8 Å². The molecule has 1 unspecified atom stereocenters. The first-order chi connectivity index (χ1) is 14.9. The minimum atomic E-state index is -0.611. The lowest BCUT2D eigenvalue weighted by Crippen LogP contribution is -2.42. The fourth-order valence-electron chi connectivity index (χ4n) is 4.10. The molecule has 2 aromatic rings. The van der Waals surface area contributed by atoms with E-state index in [1.165, 1.54) is 7.11 Å². The van der Waals surface area contributed by atoms with E-state index in [0.717, 1.165) is 44.1 Å². The molecule has 31 heavy (non-hydrogen) atoms. The third-order valence-corrected chi connectivity index (χ3v) is 6.34. The largest absolute Gasteiger partial charge is 0.490 e. The average Bonchev–Trinajstić information content (AvgIpc) is 2.80. The quantitative estimate of drug-likeness (QED) is 0.521. The lowest BCUT2D eigenvalue weighted by atomic mass is 9.68. The molecule has 1 amide bonds. The molecular formula is C25H30ClNO4. The molecule has 0 saturated heterocycles. The highest BCUT2D eigenvalue weighted by atomic mass is 35.5. The first-order valence-corrected chi connectivity index (χ1v) is 11.2. The molecule has 1 saturated carbocycles. The second-order valence-corrected chi connectivity index (χ2v) is 8.58. The molecule has 6 heteroatoms. The molecule has 1 atom stereocenters. The van der Waals surface area contributed by atoms with Gasteiger partial charge in [0.05, 0.1) is 18.6 Å². The van der Waals surface area contributed by atoms with E-state index < -0.39 is 11.4 Å². The third-order valence-electron chi connectivity index (χ3n) is 6.08. The number of carbonyl (C=O) groups excluding carboxylic acids is 2. The normalized spacial score (nSPS) is 16.3. The fraction of sp³-hybridized carbons (Fsp3) is 0.440. The highest BCUT2D eigenvalue weighted by Gasteiger charge is 2.41. The molecule has 3 rings (SSSR count). The molecule has 0 spiro atoms. The van der Waals surface area contributed by atoms with E-state index in [-0.39, 0.29) is 12.0 Å². The summed E-state index contributed by atoms with van der Waals surface area (Å²) < 4.78 is 10.8. The molecule has 0 aromatic heterocycles. The Hall–Kier alpha value is -2.53. The van der Waals surface area contributed by atoms with Crippen LogP contribution < -0.4 is 10.1 Å². The number of carbonyl (C=O) groups is 2. The number of hydrogen-bond donors (Lipinski definition) is 1. The predicted molar refractivity (Wildman–Crippen MR) is 123 cm³/mol. The van der Waals surface area contributed by atoms with Gasteiger partial charge in [-0.05, 0) is 62.1 Å². The van der Waals surface area contributed by atoms with Crippen LogP contribution in [0, 0.1) is 0 Å². The zero-order valence-electron chi connectivity index (χ0n) is 18.4. The van der Waals surface area contributed by atoms with Gasteiger partial charge in [-0.1, -0.05) is 49.9 Å². The van der Waals surface area contributed by atoms with Crippen LogP contribution >= 0.6 is 11.6 Å². The number of amides is 1. The molecule has 2 aromatic carbocycles. The summed E-state index contributed by atoms with van der Waals surface area (Å²) in [6.07, 6.45) is 5.42. The van der Waals surface area contributed by atoms with Crippen molar-refractivity contribution >= 4 is 29.2 Å². The minimum Gasteiger partial charge on any atom is -0.490 e. The van der Waals surface area contributed by atoms with Gasteiger partial charge in [0.2, 0.25) is 5.91 Å². The van der Waals surface area contributed by atoms with E-state index >= 15 is 0 Å². The van der Waals surface area contributed by atoms with Crippen molar-refractivity contribution in [3.63, 3.8) is 0 Å². The second kappa shape index (κ2) is 10.2. The van der Waals surface area contributed by atoms with Gasteiger partial charge in [-0.3, -0.25) is 4.79 Å². The van der Waals surface area contributed by atoms with Crippen molar-refractivity contribution in [2.75, 3.05) is 12.4 Å². The van der Waals surface area contributed by atoms with Crippen molar-refractivity contribution in [3.05, 3.63) is 58.6 Å². The van der Waals surface area contributed by atoms with Crippen LogP contribution in [0.3, 0.4) is 0 Å². The van der Waals surface area contributed by atoms with Crippen LogP contribution in [0.4, 0.5) is 5.69 Å². The minimum absolute atomic E-state index is 0.0424. The van der Waals surface area contributed by atoms with Crippen molar-refractivity contribution in [1.82, 2.24) is 0 Å². The molecule has 5 nitrogen and oxygen atoms in total. The van der Waals surface area contributed by atoms with Crippen molar-refractivity contribution in [3.8, 4) is 5.75 Å². The third kappa shape index (κ3) is 5.21. The Kier molecular flexibility index (Phi) is 7.60. The van der Waals surface area contributed by atoms with Crippen molar-refractivity contribution < 1.29 is 19.1 Å². The smallest absolute Gasteiger partial charge is 0.341 e. The van der Waals surface area contributed by atoms with E-state index in [9.17, 15) is 9.59 Å². The van der Waals surface area contributed by atoms with Crippen molar-refractivity contribution in [2.45, 2.75) is 63.9 Å².